The quantitative estimate of drug-likeness (QED) is 0.239. The average Bonchev–Trinajstić information content (AvgIpc) is 2.95. The lowest BCUT2D eigenvalue weighted by molar-refractivity contribution is -0.135. The van der Waals surface area contributed by atoms with E-state index in [0.29, 0.717) is 0 Å². The van der Waals surface area contributed by atoms with Crippen molar-refractivity contribution in [2.45, 2.75) is 13.2 Å². The predicted molar refractivity (Wildman–Crippen MR) is 90.6 cm³/mol. The maximum atomic E-state index is 12.4. The number of methoxy groups -OCH3 is 1. The molecule has 1 heterocycles. The molecule has 0 radical (unpaired) electrons. The van der Waals surface area contributed by atoms with E-state index >= 15 is 0 Å². The number of esters is 1. The first-order chi connectivity index (χ1) is 13.3. The normalized spacial score (nSPS) is 17.0. The Morgan fingerprint density at radius 3 is 2.50 bits per heavy atom. The standard InChI is InChI=1S/C15H11F4N3O5S/c1-25-11(23)5-10-12(24)21-15(28-10)22-20-6-7-2-3-8(26-13(16)17)9(4-7)27-14(18)19/h2-6,13-14H,1H3,(H,21,22,24)/b10-5+,20-6?. The fraction of sp³-hybridized carbons (Fsp3) is 0.200. The maximum absolute atomic E-state index is 12.4. The number of halogens is 4. The van der Waals surface area contributed by atoms with Crippen LogP contribution >= 0.6 is 11.8 Å². The van der Waals surface area contributed by atoms with Gasteiger partial charge in [-0.2, -0.15) is 22.7 Å². The van der Waals surface area contributed by atoms with Crippen LogP contribution in [0.15, 0.2) is 39.4 Å². The van der Waals surface area contributed by atoms with Crippen molar-refractivity contribution in [3.05, 3.63) is 34.7 Å². The van der Waals surface area contributed by atoms with Gasteiger partial charge in [0.2, 0.25) is 0 Å². The number of amides is 1. The van der Waals surface area contributed by atoms with Crippen LogP contribution < -0.4 is 14.8 Å². The largest absolute Gasteiger partial charge is 0.466 e. The van der Waals surface area contributed by atoms with Crippen molar-refractivity contribution in [2.24, 2.45) is 10.2 Å². The Kier molecular flexibility index (Phi) is 7.37. The molecule has 0 spiro atoms. The molecule has 2 rings (SSSR count). The van der Waals surface area contributed by atoms with Gasteiger partial charge >= 0.3 is 19.2 Å². The number of nitrogens with one attached hydrogen (secondary N) is 1. The van der Waals surface area contributed by atoms with E-state index < -0.39 is 36.6 Å². The number of rotatable bonds is 7. The molecule has 1 aromatic carbocycles. The molecule has 8 nitrogen and oxygen atoms in total. The highest BCUT2D eigenvalue weighted by Gasteiger charge is 2.25. The van der Waals surface area contributed by atoms with Gasteiger partial charge in [-0.25, -0.2) is 4.79 Å². The highest BCUT2D eigenvalue weighted by molar-refractivity contribution is 8.18. The number of carbonyl (C=O) groups is 2. The highest BCUT2D eigenvalue weighted by Crippen LogP contribution is 2.31. The molecular weight excluding hydrogens is 410 g/mol. The zero-order valence-electron chi connectivity index (χ0n) is 13.9. The zero-order valence-corrected chi connectivity index (χ0v) is 14.7. The molecule has 1 saturated heterocycles. The lowest BCUT2D eigenvalue weighted by atomic mass is 10.2. The Bertz CT molecular complexity index is 845. The first-order valence-electron chi connectivity index (χ1n) is 7.22. The third-order valence-corrected chi connectivity index (χ3v) is 3.76. The minimum atomic E-state index is -3.25. The van der Waals surface area contributed by atoms with Crippen LogP contribution in [0.1, 0.15) is 5.56 Å². The lowest BCUT2D eigenvalue weighted by Crippen LogP contribution is -2.19. The Labute approximate surface area is 159 Å². The van der Waals surface area contributed by atoms with Gasteiger partial charge < -0.3 is 14.2 Å². The molecule has 0 aliphatic carbocycles. The molecule has 150 valence electrons. The minimum Gasteiger partial charge on any atom is -0.466 e. The molecule has 0 saturated carbocycles. The number of alkyl halides is 4. The molecule has 1 amide bonds. The summed E-state index contributed by atoms with van der Waals surface area (Å²) in [6.07, 6.45) is 2.08. The number of benzene rings is 1. The van der Waals surface area contributed by atoms with Crippen molar-refractivity contribution in [1.82, 2.24) is 5.32 Å². The van der Waals surface area contributed by atoms with E-state index in [-0.39, 0.29) is 15.6 Å². The summed E-state index contributed by atoms with van der Waals surface area (Å²) in [5.74, 6) is -2.49. The SMILES string of the molecule is COC(=O)/C=C1/S/C(=N\N=Cc2ccc(OC(F)F)c(OC(F)F)c2)NC1=O. The van der Waals surface area contributed by atoms with Gasteiger partial charge in [0.15, 0.2) is 16.7 Å². The smallest absolute Gasteiger partial charge is 0.387 e. The lowest BCUT2D eigenvalue weighted by Gasteiger charge is -2.11. The second-order valence-electron chi connectivity index (χ2n) is 4.70. The molecular formula is C15H11F4N3O5S. The van der Waals surface area contributed by atoms with Crippen molar-refractivity contribution in [2.75, 3.05) is 7.11 Å². The Hall–Kier alpha value is -3.09. The summed E-state index contributed by atoms with van der Waals surface area (Å²) >= 11 is 0.827. The van der Waals surface area contributed by atoms with E-state index in [1.807, 2.05) is 0 Å². The first kappa shape index (κ1) is 21.2. The number of thioether (sulfide) groups is 1. The van der Waals surface area contributed by atoms with Gasteiger partial charge in [-0.3, -0.25) is 10.1 Å². The van der Waals surface area contributed by atoms with Crippen molar-refractivity contribution in [3.63, 3.8) is 0 Å². The van der Waals surface area contributed by atoms with Crippen LogP contribution in [0.25, 0.3) is 0 Å². The van der Waals surface area contributed by atoms with Gasteiger partial charge in [-0.1, -0.05) is 0 Å². The molecule has 13 heteroatoms. The number of carbonyl (C=O) groups excluding carboxylic acids is 2. The van der Waals surface area contributed by atoms with Gasteiger partial charge in [0.05, 0.1) is 18.2 Å². The molecule has 0 unspecified atom stereocenters. The highest BCUT2D eigenvalue weighted by atomic mass is 32.2. The fourth-order valence-corrected chi connectivity index (χ4v) is 2.51. The summed E-state index contributed by atoms with van der Waals surface area (Å²) < 4.78 is 62.1. The van der Waals surface area contributed by atoms with Gasteiger partial charge in [-0.15, -0.1) is 5.10 Å². The van der Waals surface area contributed by atoms with Crippen LogP contribution in [0.3, 0.4) is 0 Å². The molecule has 0 bridgehead atoms. The Morgan fingerprint density at radius 1 is 1.18 bits per heavy atom. The molecule has 1 aromatic rings. The summed E-state index contributed by atoms with van der Waals surface area (Å²) in [6, 6.07) is 3.25. The molecule has 0 atom stereocenters. The number of ether oxygens (including phenoxy) is 3. The summed E-state index contributed by atoms with van der Waals surface area (Å²) in [5, 5.41) is 9.75. The second kappa shape index (κ2) is 9.73. The van der Waals surface area contributed by atoms with Gasteiger partial charge in [0.25, 0.3) is 5.91 Å². The van der Waals surface area contributed by atoms with Crippen LogP contribution in [-0.2, 0) is 14.3 Å². The van der Waals surface area contributed by atoms with Crippen LogP contribution in [0.2, 0.25) is 0 Å². The van der Waals surface area contributed by atoms with E-state index in [1.54, 1.807) is 0 Å². The number of nitrogens with zero attached hydrogens (tertiary/aromatic N) is 2. The van der Waals surface area contributed by atoms with Crippen molar-refractivity contribution < 1.29 is 41.4 Å². The topological polar surface area (TPSA) is 98.6 Å². The average molecular weight is 421 g/mol. The van der Waals surface area contributed by atoms with Gasteiger partial charge in [-0.05, 0) is 35.5 Å². The summed E-state index contributed by atoms with van der Waals surface area (Å²) in [7, 11) is 1.15. The predicted octanol–water partition coefficient (Wildman–Crippen LogP) is 2.50. The van der Waals surface area contributed by atoms with Crippen molar-refractivity contribution in [1.29, 1.82) is 0 Å². The van der Waals surface area contributed by atoms with E-state index in [2.05, 4.69) is 29.7 Å². The summed E-state index contributed by atoms with van der Waals surface area (Å²) in [4.78, 5) is 22.8. The third-order valence-electron chi connectivity index (χ3n) is 2.86. The van der Waals surface area contributed by atoms with Gasteiger partial charge in [0, 0.05) is 6.08 Å². The van der Waals surface area contributed by atoms with Crippen LogP contribution in [0, 0.1) is 0 Å². The zero-order chi connectivity index (χ0) is 20.7. The van der Waals surface area contributed by atoms with Crippen molar-refractivity contribution in [3.8, 4) is 11.5 Å². The minimum absolute atomic E-state index is 0.0434. The number of hydrogen-bond donors (Lipinski definition) is 1. The van der Waals surface area contributed by atoms with E-state index in [9.17, 15) is 27.2 Å². The fourth-order valence-electron chi connectivity index (χ4n) is 1.78. The molecule has 28 heavy (non-hydrogen) atoms. The van der Waals surface area contributed by atoms with Crippen LogP contribution in [0.4, 0.5) is 17.6 Å². The van der Waals surface area contributed by atoms with Crippen LogP contribution in [-0.4, -0.2) is 43.6 Å². The van der Waals surface area contributed by atoms with E-state index in [1.165, 1.54) is 6.07 Å². The molecule has 0 aromatic heterocycles. The van der Waals surface area contributed by atoms with E-state index in [0.717, 1.165) is 43.3 Å². The Balaban J connectivity index is 2.13. The van der Waals surface area contributed by atoms with Crippen LogP contribution in [0.5, 0.6) is 11.5 Å². The van der Waals surface area contributed by atoms with E-state index in [4.69, 9.17) is 0 Å². The van der Waals surface area contributed by atoms with Crippen molar-refractivity contribution >= 4 is 35.0 Å². The summed E-state index contributed by atoms with van der Waals surface area (Å²) in [5.41, 5.74) is 0.182. The number of amidine groups is 1. The first-order valence-corrected chi connectivity index (χ1v) is 8.03. The summed E-state index contributed by atoms with van der Waals surface area (Å²) in [6.45, 7) is -6.47. The maximum Gasteiger partial charge on any atom is 0.387 e. The monoisotopic (exact) mass is 421 g/mol. The molecule has 1 aliphatic rings. The molecule has 1 aliphatic heterocycles. The number of hydrogen-bond acceptors (Lipinski definition) is 8. The second-order valence-corrected chi connectivity index (χ2v) is 5.73. The third kappa shape index (κ3) is 6.26. The molecule has 1 N–H and O–H groups in total. The van der Waals surface area contributed by atoms with Gasteiger partial charge in [0.1, 0.15) is 0 Å². The Morgan fingerprint density at radius 2 is 1.86 bits per heavy atom. The molecule has 1 fully saturated rings.